The van der Waals surface area contributed by atoms with Crippen molar-refractivity contribution in [3.8, 4) is 0 Å². The van der Waals surface area contributed by atoms with Crippen LogP contribution in [-0.2, 0) is 28.5 Å². The molecule has 13 heteroatoms. The van der Waals surface area contributed by atoms with Gasteiger partial charge in [-0.1, -0.05) is 32.1 Å². The number of amides is 3. The number of benzene rings is 1. The van der Waals surface area contributed by atoms with Gasteiger partial charge in [-0.2, -0.15) is 0 Å². The van der Waals surface area contributed by atoms with Gasteiger partial charge in [0.1, 0.15) is 30.5 Å². The Morgan fingerprint density at radius 2 is 1.72 bits per heavy atom. The molecule has 53 heavy (non-hydrogen) atoms. The van der Waals surface area contributed by atoms with Crippen molar-refractivity contribution in [2.45, 2.75) is 116 Å². The van der Waals surface area contributed by atoms with Crippen LogP contribution in [0.15, 0.2) is 28.7 Å². The molecule has 4 atom stereocenters. The van der Waals surface area contributed by atoms with E-state index in [2.05, 4.69) is 10.6 Å². The van der Waals surface area contributed by atoms with Gasteiger partial charge in [-0.3, -0.25) is 9.59 Å². The van der Waals surface area contributed by atoms with Gasteiger partial charge in [-0.15, -0.1) is 0 Å². The third kappa shape index (κ3) is 10.9. The van der Waals surface area contributed by atoms with Gasteiger partial charge in [0.25, 0.3) is 0 Å². The van der Waals surface area contributed by atoms with Gasteiger partial charge in [0, 0.05) is 30.6 Å². The van der Waals surface area contributed by atoms with E-state index >= 15 is 0 Å². The maximum absolute atomic E-state index is 14.2. The summed E-state index contributed by atoms with van der Waals surface area (Å²) in [5.41, 5.74) is 0.331. The standard InChI is InChI=1S/C40H58FN3O9/c1-25(50-20-19-49-5)24-51-38(47)34-22-29-21-30(15-16-33(29)52-34)42-36(45)35-31(26-9-7-6-8-10-26)17-18-44(35)37(46)28-13-11-27(12-14-28)32(23-41)43-39(48)53-40(2,3)4/h15-16,21-22,25-28,31-32,35H,6-14,17-20,23-24H2,1-5H3,(H,42,45)(H,43,48)/t25-,27?,28?,31+,32-,35+/m1/s1. The van der Waals surface area contributed by atoms with Gasteiger partial charge < -0.3 is 38.9 Å². The van der Waals surface area contributed by atoms with Gasteiger partial charge >= 0.3 is 12.1 Å². The van der Waals surface area contributed by atoms with Crippen LogP contribution in [0.1, 0.15) is 102 Å². The van der Waals surface area contributed by atoms with Gasteiger partial charge in [-0.25, -0.2) is 14.0 Å². The summed E-state index contributed by atoms with van der Waals surface area (Å²) in [4.78, 5) is 55.3. The van der Waals surface area contributed by atoms with Crippen molar-refractivity contribution in [3.05, 3.63) is 30.0 Å². The van der Waals surface area contributed by atoms with Crippen molar-refractivity contribution < 1.29 is 46.9 Å². The number of ether oxygens (including phenoxy) is 4. The number of alkyl carbamates (subject to hydrolysis) is 1. The number of rotatable bonds is 14. The molecule has 1 saturated heterocycles. The zero-order valence-electron chi connectivity index (χ0n) is 32.0. The number of likely N-dealkylation sites (tertiary alicyclic amines) is 1. The first kappa shape index (κ1) is 40.5. The van der Waals surface area contributed by atoms with Crippen LogP contribution >= 0.6 is 0 Å². The fourth-order valence-electron chi connectivity index (χ4n) is 8.28. The van der Waals surface area contributed by atoms with Crippen molar-refractivity contribution in [3.63, 3.8) is 0 Å². The molecule has 12 nitrogen and oxygen atoms in total. The molecule has 2 aromatic rings. The molecule has 3 amide bonds. The maximum atomic E-state index is 14.2. The Balaban J connectivity index is 1.23. The molecule has 2 saturated carbocycles. The molecular formula is C40H58FN3O9. The Kier molecular flexibility index (Phi) is 14.2. The second-order valence-electron chi connectivity index (χ2n) is 16.0. The van der Waals surface area contributed by atoms with Crippen molar-refractivity contribution in [2.24, 2.45) is 23.7 Å². The van der Waals surface area contributed by atoms with Gasteiger partial charge in [0.05, 0.1) is 25.4 Å². The average molecular weight is 744 g/mol. The Morgan fingerprint density at radius 3 is 2.40 bits per heavy atom. The summed E-state index contributed by atoms with van der Waals surface area (Å²) in [5.74, 6) is -0.750. The molecule has 0 bridgehead atoms. The van der Waals surface area contributed by atoms with Crippen LogP contribution in [0.3, 0.4) is 0 Å². The summed E-state index contributed by atoms with van der Waals surface area (Å²) in [7, 11) is 1.59. The lowest BCUT2D eigenvalue weighted by Gasteiger charge is -2.37. The molecule has 2 aliphatic carbocycles. The highest BCUT2D eigenvalue weighted by molar-refractivity contribution is 6.00. The van der Waals surface area contributed by atoms with Crippen LogP contribution in [0.25, 0.3) is 11.0 Å². The van der Waals surface area contributed by atoms with E-state index in [0.29, 0.717) is 68.0 Å². The Hall–Kier alpha value is -3.71. The summed E-state index contributed by atoms with van der Waals surface area (Å²) in [5, 5.41) is 6.41. The molecule has 2 N–H and O–H groups in total. The summed E-state index contributed by atoms with van der Waals surface area (Å²) in [6.07, 6.45) is 7.69. The molecule has 0 spiro atoms. The Morgan fingerprint density at radius 1 is 0.981 bits per heavy atom. The summed E-state index contributed by atoms with van der Waals surface area (Å²) in [6, 6.07) is 5.51. The van der Waals surface area contributed by atoms with Crippen molar-refractivity contribution in [2.75, 3.05) is 45.5 Å². The van der Waals surface area contributed by atoms with E-state index in [-0.39, 0.29) is 48.0 Å². The minimum absolute atomic E-state index is 0.0225. The number of nitrogens with one attached hydrogen (secondary N) is 2. The number of furan rings is 1. The number of hydrogen-bond donors (Lipinski definition) is 2. The molecule has 294 valence electrons. The van der Waals surface area contributed by atoms with Crippen LogP contribution in [-0.4, -0.2) is 92.7 Å². The molecule has 2 heterocycles. The minimum atomic E-state index is -0.708. The second-order valence-corrected chi connectivity index (χ2v) is 16.0. The monoisotopic (exact) mass is 743 g/mol. The maximum Gasteiger partial charge on any atom is 0.407 e. The highest BCUT2D eigenvalue weighted by atomic mass is 19.1. The quantitative estimate of drug-likeness (QED) is 0.154. The zero-order chi connectivity index (χ0) is 38.1. The van der Waals surface area contributed by atoms with Crippen LogP contribution in [0.2, 0.25) is 0 Å². The number of hydrogen-bond acceptors (Lipinski definition) is 9. The topological polar surface area (TPSA) is 146 Å². The number of alkyl halides is 1. The lowest BCUT2D eigenvalue weighted by Crippen LogP contribution is -2.50. The number of halogens is 1. The smallest absolute Gasteiger partial charge is 0.407 e. The molecule has 3 fully saturated rings. The largest absolute Gasteiger partial charge is 0.457 e. The minimum Gasteiger partial charge on any atom is -0.457 e. The van der Waals surface area contributed by atoms with E-state index in [1.165, 1.54) is 6.42 Å². The van der Waals surface area contributed by atoms with E-state index < -0.39 is 36.4 Å². The van der Waals surface area contributed by atoms with Gasteiger partial charge in [-0.05, 0) is 102 Å². The van der Waals surface area contributed by atoms with E-state index in [9.17, 15) is 23.6 Å². The molecule has 1 aliphatic heterocycles. The highest BCUT2D eigenvalue weighted by Gasteiger charge is 2.47. The van der Waals surface area contributed by atoms with Crippen molar-refractivity contribution in [1.82, 2.24) is 10.2 Å². The Bertz CT molecular complexity index is 1540. The molecule has 0 unspecified atom stereocenters. The molecule has 3 aliphatic rings. The Labute approximate surface area is 312 Å². The highest BCUT2D eigenvalue weighted by Crippen LogP contribution is 2.41. The number of nitrogens with zero attached hydrogens (tertiary/aromatic N) is 1. The van der Waals surface area contributed by atoms with Gasteiger partial charge in [0.15, 0.2) is 0 Å². The van der Waals surface area contributed by atoms with Crippen LogP contribution in [0.5, 0.6) is 0 Å². The third-order valence-corrected chi connectivity index (χ3v) is 10.9. The van der Waals surface area contributed by atoms with Gasteiger partial charge in [0.2, 0.25) is 17.6 Å². The molecule has 1 aromatic heterocycles. The molecule has 0 radical (unpaired) electrons. The number of methoxy groups -OCH3 is 1. The van der Waals surface area contributed by atoms with E-state index in [0.717, 1.165) is 32.1 Å². The fourth-order valence-corrected chi connectivity index (χ4v) is 8.28. The fraction of sp³-hybridized carbons (Fsp3) is 0.700. The van der Waals surface area contributed by atoms with E-state index in [1.807, 2.05) is 0 Å². The molecular weight excluding hydrogens is 685 g/mol. The number of fused-ring (bicyclic) bond motifs is 1. The van der Waals surface area contributed by atoms with Crippen LogP contribution in [0.4, 0.5) is 14.9 Å². The third-order valence-electron chi connectivity index (χ3n) is 10.9. The zero-order valence-corrected chi connectivity index (χ0v) is 32.0. The van der Waals surface area contributed by atoms with Crippen LogP contribution < -0.4 is 10.6 Å². The lowest BCUT2D eigenvalue weighted by molar-refractivity contribution is -0.142. The first-order valence-electron chi connectivity index (χ1n) is 19.3. The molecule has 1 aromatic carbocycles. The first-order valence-corrected chi connectivity index (χ1v) is 19.3. The lowest BCUT2D eigenvalue weighted by atomic mass is 9.76. The van der Waals surface area contributed by atoms with E-state index in [4.69, 9.17) is 23.4 Å². The van der Waals surface area contributed by atoms with Crippen molar-refractivity contribution in [1.29, 1.82) is 0 Å². The SMILES string of the molecule is COCCO[C@H](C)COC(=O)c1cc2cc(NC(=O)[C@@H]3[C@H](C4CCCCC4)CCN3C(=O)C3CCC([C@@H](CF)NC(=O)OC(C)(C)C)CC3)ccc2o1. The average Bonchev–Trinajstić information content (AvgIpc) is 3.78. The number of carbonyl (C=O) groups excluding carboxylic acids is 4. The normalized spacial score (nSPS) is 23.7. The number of esters is 1. The van der Waals surface area contributed by atoms with Crippen LogP contribution in [0, 0.1) is 23.7 Å². The molecule has 5 rings (SSSR count). The first-order chi connectivity index (χ1) is 25.4. The second kappa shape index (κ2) is 18.6. The predicted molar refractivity (Wildman–Crippen MR) is 197 cm³/mol. The predicted octanol–water partition coefficient (Wildman–Crippen LogP) is 7.05. The summed E-state index contributed by atoms with van der Waals surface area (Å²) in [6.45, 7) is 7.80. The van der Waals surface area contributed by atoms with E-state index in [1.54, 1.807) is 64.0 Å². The summed E-state index contributed by atoms with van der Waals surface area (Å²) < 4.78 is 41.1. The van der Waals surface area contributed by atoms with Crippen molar-refractivity contribution >= 4 is 40.5 Å². The number of carbonyl (C=O) groups is 4. The summed E-state index contributed by atoms with van der Waals surface area (Å²) >= 11 is 0. The number of anilines is 1.